The summed E-state index contributed by atoms with van der Waals surface area (Å²) in [5.74, 6) is -1.03. The van der Waals surface area contributed by atoms with Gasteiger partial charge in [-0.05, 0) is 42.0 Å². The molecule has 3 rings (SSSR count). The summed E-state index contributed by atoms with van der Waals surface area (Å²) in [6.45, 7) is 0.157. The molecule has 0 aliphatic carbocycles. The molecule has 1 N–H and O–H groups in total. The Bertz CT molecular complexity index is 863. The maximum absolute atomic E-state index is 13.1. The van der Waals surface area contributed by atoms with E-state index >= 15 is 0 Å². The summed E-state index contributed by atoms with van der Waals surface area (Å²) in [7, 11) is 1.71. The fourth-order valence-electron chi connectivity index (χ4n) is 2.81. The molecule has 0 saturated carbocycles. The number of nitrogens with zero attached hydrogens (tertiary/aromatic N) is 1. The van der Waals surface area contributed by atoms with Crippen LogP contribution in [0.5, 0.6) is 0 Å². The van der Waals surface area contributed by atoms with E-state index in [1.165, 1.54) is 18.2 Å². The molecule has 5 nitrogen and oxygen atoms in total. The molecule has 2 aromatic carbocycles. The predicted molar refractivity (Wildman–Crippen MR) is 91.2 cm³/mol. The van der Waals surface area contributed by atoms with E-state index in [2.05, 4.69) is 5.32 Å². The van der Waals surface area contributed by atoms with Crippen LogP contribution in [0.1, 0.15) is 32.7 Å². The lowest BCUT2D eigenvalue weighted by molar-refractivity contribution is -0.117. The van der Waals surface area contributed by atoms with Crippen LogP contribution >= 0.6 is 0 Å². The third kappa shape index (κ3) is 3.57. The molecule has 1 aliphatic heterocycles. The number of carbonyl (C=O) groups is 3. The van der Waals surface area contributed by atoms with Gasteiger partial charge in [-0.25, -0.2) is 4.39 Å². The van der Waals surface area contributed by atoms with Gasteiger partial charge in [0.2, 0.25) is 5.91 Å². The SMILES string of the molecule is CN1C(=O)Cc2cc(C(=O)CCNC(=O)c3cccc(F)c3)ccc21. The van der Waals surface area contributed by atoms with Crippen molar-refractivity contribution in [3.63, 3.8) is 0 Å². The van der Waals surface area contributed by atoms with Crippen molar-refractivity contribution in [3.05, 3.63) is 65.0 Å². The van der Waals surface area contributed by atoms with Crippen molar-refractivity contribution in [2.24, 2.45) is 0 Å². The molecule has 25 heavy (non-hydrogen) atoms. The van der Waals surface area contributed by atoms with Crippen molar-refractivity contribution in [2.45, 2.75) is 12.8 Å². The summed E-state index contributed by atoms with van der Waals surface area (Å²) in [5, 5.41) is 2.60. The van der Waals surface area contributed by atoms with E-state index in [9.17, 15) is 18.8 Å². The number of likely N-dealkylation sites (N-methyl/N-ethyl adjacent to an activating group) is 1. The van der Waals surface area contributed by atoms with Gasteiger partial charge in [0, 0.05) is 36.8 Å². The number of ketones is 1. The molecule has 2 amide bonds. The molecule has 0 bridgehead atoms. The third-order valence-electron chi connectivity index (χ3n) is 4.20. The van der Waals surface area contributed by atoms with Gasteiger partial charge < -0.3 is 10.2 Å². The monoisotopic (exact) mass is 340 g/mol. The van der Waals surface area contributed by atoms with Crippen molar-refractivity contribution in [1.82, 2.24) is 5.32 Å². The molecule has 6 heteroatoms. The van der Waals surface area contributed by atoms with Crippen molar-refractivity contribution >= 4 is 23.3 Å². The van der Waals surface area contributed by atoms with E-state index < -0.39 is 11.7 Å². The number of nitrogens with one attached hydrogen (secondary N) is 1. The van der Waals surface area contributed by atoms with E-state index in [0.717, 1.165) is 17.3 Å². The maximum Gasteiger partial charge on any atom is 0.251 e. The van der Waals surface area contributed by atoms with Crippen molar-refractivity contribution < 1.29 is 18.8 Å². The van der Waals surface area contributed by atoms with Gasteiger partial charge in [-0.15, -0.1) is 0 Å². The summed E-state index contributed by atoms with van der Waals surface area (Å²) in [5.41, 5.74) is 2.39. The zero-order valence-corrected chi connectivity index (χ0v) is 13.7. The lowest BCUT2D eigenvalue weighted by Crippen LogP contribution is -2.26. The van der Waals surface area contributed by atoms with E-state index in [1.807, 2.05) is 0 Å². The van der Waals surface area contributed by atoms with Crippen molar-refractivity contribution in [1.29, 1.82) is 0 Å². The highest BCUT2D eigenvalue weighted by Gasteiger charge is 2.24. The first kappa shape index (κ1) is 16.8. The average Bonchev–Trinajstić information content (AvgIpc) is 2.88. The van der Waals surface area contributed by atoms with Gasteiger partial charge in [0.15, 0.2) is 5.78 Å². The Hall–Kier alpha value is -3.02. The van der Waals surface area contributed by atoms with Crippen molar-refractivity contribution in [3.8, 4) is 0 Å². The summed E-state index contributed by atoms with van der Waals surface area (Å²) in [6.07, 6.45) is 0.424. The van der Waals surface area contributed by atoms with E-state index in [-0.39, 0.29) is 30.2 Å². The minimum absolute atomic E-state index is 0.00181. The van der Waals surface area contributed by atoms with E-state index in [4.69, 9.17) is 0 Å². The fourth-order valence-corrected chi connectivity index (χ4v) is 2.81. The highest BCUT2D eigenvalue weighted by Crippen LogP contribution is 2.28. The minimum Gasteiger partial charge on any atom is -0.352 e. The number of hydrogen-bond acceptors (Lipinski definition) is 3. The Kier molecular flexibility index (Phi) is 4.61. The average molecular weight is 340 g/mol. The number of amides is 2. The molecule has 0 fully saturated rings. The first-order valence-corrected chi connectivity index (χ1v) is 7.92. The quantitative estimate of drug-likeness (QED) is 0.850. The maximum atomic E-state index is 13.1. The molecule has 0 radical (unpaired) electrons. The van der Waals surface area contributed by atoms with Gasteiger partial charge in [0.25, 0.3) is 5.91 Å². The molecule has 2 aromatic rings. The molecule has 128 valence electrons. The molecular formula is C19H17FN2O3. The van der Waals surface area contributed by atoms with Gasteiger partial charge >= 0.3 is 0 Å². The number of Topliss-reactive ketones (excluding diaryl/α,β-unsaturated/α-hetero) is 1. The van der Waals surface area contributed by atoms with Gasteiger partial charge in [-0.2, -0.15) is 0 Å². The Balaban J connectivity index is 1.58. The van der Waals surface area contributed by atoms with Crippen LogP contribution in [0.25, 0.3) is 0 Å². The van der Waals surface area contributed by atoms with Crippen LogP contribution in [0.4, 0.5) is 10.1 Å². The fraction of sp³-hybridized carbons (Fsp3) is 0.211. The van der Waals surface area contributed by atoms with Crippen LogP contribution in [-0.4, -0.2) is 31.2 Å². The molecule has 0 spiro atoms. The topological polar surface area (TPSA) is 66.5 Å². The molecule has 0 aromatic heterocycles. The summed E-state index contributed by atoms with van der Waals surface area (Å²) < 4.78 is 13.1. The van der Waals surface area contributed by atoms with Crippen LogP contribution in [-0.2, 0) is 11.2 Å². The van der Waals surface area contributed by atoms with Gasteiger partial charge in [0.1, 0.15) is 5.82 Å². The normalized spacial score (nSPS) is 12.9. The van der Waals surface area contributed by atoms with E-state index in [0.29, 0.717) is 12.0 Å². The smallest absolute Gasteiger partial charge is 0.251 e. The zero-order valence-electron chi connectivity index (χ0n) is 13.7. The third-order valence-corrected chi connectivity index (χ3v) is 4.20. The number of benzene rings is 2. The van der Waals surface area contributed by atoms with Gasteiger partial charge in [-0.1, -0.05) is 6.07 Å². The number of halogens is 1. The molecule has 0 unspecified atom stereocenters. The first-order chi connectivity index (χ1) is 12.0. The Morgan fingerprint density at radius 2 is 1.96 bits per heavy atom. The second kappa shape index (κ2) is 6.84. The lowest BCUT2D eigenvalue weighted by atomic mass is 10.0. The predicted octanol–water partition coefficient (Wildman–Crippen LogP) is 2.35. The van der Waals surface area contributed by atoms with Crippen LogP contribution in [0.2, 0.25) is 0 Å². The summed E-state index contributed by atoms with van der Waals surface area (Å²) >= 11 is 0. The highest BCUT2D eigenvalue weighted by molar-refractivity contribution is 6.03. The zero-order chi connectivity index (χ0) is 18.0. The second-order valence-electron chi connectivity index (χ2n) is 5.91. The Morgan fingerprint density at radius 1 is 1.16 bits per heavy atom. The standard InChI is InChI=1S/C19H17FN2O3/c1-22-16-6-5-12(9-14(16)11-18(22)24)17(23)7-8-21-19(25)13-3-2-4-15(20)10-13/h2-6,9-10H,7-8,11H2,1H3,(H,21,25). The Morgan fingerprint density at radius 3 is 2.72 bits per heavy atom. The second-order valence-corrected chi connectivity index (χ2v) is 5.91. The van der Waals surface area contributed by atoms with Crippen LogP contribution in [0.3, 0.4) is 0 Å². The number of anilines is 1. The summed E-state index contributed by atoms with van der Waals surface area (Å²) in [4.78, 5) is 37.4. The lowest BCUT2D eigenvalue weighted by Gasteiger charge is -2.10. The largest absolute Gasteiger partial charge is 0.352 e. The molecular weight excluding hydrogens is 323 g/mol. The molecule has 0 saturated heterocycles. The molecule has 1 heterocycles. The first-order valence-electron chi connectivity index (χ1n) is 7.92. The van der Waals surface area contributed by atoms with Crippen LogP contribution in [0.15, 0.2) is 42.5 Å². The van der Waals surface area contributed by atoms with Crippen LogP contribution < -0.4 is 10.2 Å². The van der Waals surface area contributed by atoms with E-state index in [1.54, 1.807) is 30.1 Å². The molecule has 0 atom stereocenters. The van der Waals surface area contributed by atoms with Gasteiger partial charge in [-0.3, -0.25) is 14.4 Å². The highest BCUT2D eigenvalue weighted by atomic mass is 19.1. The summed E-state index contributed by atoms with van der Waals surface area (Å²) in [6, 6.07) is 10.5. The van der Waals surface area contributed by atoms with Crippen molar-refractivity contribution in [2.75, 3.05) is 18.5 Å². The number of hydrogen-bond donors (Lipinski definition) is 1. The number of rotatable bonds is 5. The number of fused-ring (bicyclic) bond motifs is 1. The van der Waals surface area contributed by atoms with Gasteiger partial charge in [0.05, 0.1) is 6.42 Å². The molecule has 1 aliphatic rings. The number of carbonyl (C=O) groups excluding carboxylic acids is 3. The Labute approximate surface area is 144 Å². The van der Waals surface area contributed by atoms with Crippen LogP contribution in [0, 0.1) is 5.82 Å². The minimum atomic E-state index is -0.485.